The smallest absolute Gasteiger partial charge is 0.322 e. The molecule has 12 heteroatoms. The van der Waals surface area contributed by atoms with Crippen LogP contribution in [-0.2, 0) is 13.6 Å². The van der Waals surface area contributed by atoms with Crippen LogP contribution in [-0.4, -0.2) is 67.0 Å². The second-order valence-electron chi connectivity index (χ2n) is 13.4. The Morgan fingerprint density at radius 3 is 2.39 bits per heavy atom. The van der Waals surface area contributed by atoms with Crippen molar-refractivity contribution in [2.45, 2.75) is 24.9 Å². The minimum atomic E-state index is -0.437. The lowest BCUT2D eigenvalue weighted by molar-refractivity contribution is 0.0456. The van der Waals surface area contributed by atoms with Gasteiger partial charge in [-0.1, -0.05) is 12.1 Å². The van der Waals surface area contributed by atoms with E-state index in [1.54, 1.807) is 46.8 Å². The zero-order valence-corrected chi connectivity index (χ0v) is 29.2. The van der Waals surface area contributed by atoms with Crippen LogP contribution in [0, 0.1) is 5.41 Å². The van der Waals surface area contributed by atoms with Crippen LogP contribution in [0.15, 0.2) is 96.1 Å². The van der Waals surface area contributed by atoms with Gasteiger partial charge in [0.05, 0.1) is 33.5 Å². The van der Waals surface area contributed by atoms with Crippen LogP contribution in [0.1, 0.15) is 18.4 Å². The van der Waals surface area contributed by atoms with Gasteiger partial charge in [0, 0.05) is 84.3 Å². The lowest BCUT2D eigenvalue weighted by Crippen LogP contribution is -2.57. The topological polar surface area (TPSA) is 128 Å². The van der Waals surface area contributed by atoms with E-state index in [9.17, 15) is 9.59 Å². The van der Waals surface area contributed by atoms with Crippen LogP contribution >= 0.6 is 0 Å². The summed E-state index contributed by atoms with van der Waals surface area (Å²) in [5.74, 6) is 3.46. The molecule has 2 saturated heterocycles. The van der Waals surface area contributed by atoms with Crippen molar-refractivity contribution in [1.29, 1.82) is 0 Å². The van der Waals surface area contributed by atoms with Gasteiger partial charge >= 0.3 is 6.03 Å². The molecule has 1 saturated carbocycles. The van der Waals surface area contributed by atoms with Crippen molar-refractivity contribution in [2.24, 2.45) is 12.5 Å². The van der Waals surface area contributed by atoms with E-state index < -0.39 is 5.54 Å². The fourth-order valence-electron chi connectivity index (χ4n) is 7.47. The summed E-state index contributed by atoms with van der Waals surface area (Å²) >= 11 is 0. The molecule has 3 fully saturated rings. The highest BCUT2D eigenvalue weighted by Crippen LogP contribution is 2.59. The maximum Gasteiger partial charge on any atom is 0.322 e. The first kappa shape index (κ1) is 33.6. The molecule has 2 aromatic heterocycles. The molecule has 0 atom stereocenters. The van der Waals surface area contributed by atoms with Gasteiger partial charge in [-0.3, -0.25) is 4.79 Å². The molecule has 3 aliphatic rings. The summed E-state index contributed by atoms with van der Waals surface area (Å²) in [5.41, 5.74) is 1.81. The number of pyridine rings is 2. The highest BCUT2D eigenvalue weighted by Gasteiger charge is 2.67. The summed E-state index contributed by atoms with van der Waals surface area (Å²) in [7, 11) is 6.59. The van der Waals surface area contributed by atoms with Crippen molar-refractivity contribution in [3.05, 3.63) is 107 Å². The minimum Gasteiger partial charge on any atom is -0.497 e. The summed E-state index contributed by atoms with van der Waals surface area (Å²) in [5, 5.41) is 12.2. The molecule has 2 bridgehead atoms. The summed E-state index contributed by atoms with van der Waals surface area (Å²) < 4.78 is 23.9. The third-order valence-electron chi connectivity index (χ3n) is 10.0. The Balaban J connectivity index is 1.09. The maximum atomic E-state index is 13.9. The first-order valence-electron chi connectivity index (χ1n) is 16.8. The molecule has 5 aromatic rings. The van der Waals surface area contributed by atoms with Gasteiger partial charge in [0.1, 0.15) is 28.8 Å². The first-order valence-corrected chi connectivity index (χ1v) is 16.8. The van der Waals surface area contributed by atoms with Crippen LogP contribution in [0.25, 0.3) is 10.8 Å². The van der Waals surface area contributed by atoms with E-state index >= 15 is 0 Å². The van der Waals surface area contributed by atoms with Gasteiger partial charge in [-0.15, -0.1) is 0 Å². The van der Waals surface area contributed by atoms with Crippen LogP contribution in [0.5, 0.6) is 23.0 Å². The Morgan fingerprint density at radius 1 is 0.863 bits per heavy atom. The zero-order valence-electron chi connectivity index (χ0n) is 29.2. The molecule has 1 aliphatic carbocycles. The number of ether oxygens (including phenoxy) is 4. The summed E-state index contributed by atoms with van der Waals surface area (Å²) in [6, 6.07) is 24.3. The first-order chi connectivity index (χ1) is 24.7. The number of carbonyl (C=O) groups excluding carboxylic acids is 1. The zero-order chi connectivity index (χ0) is 35.6. The highest BCUT2D eigenvalue weighted by molar-refractivity contribution is 6.00. The number of nitrogens with zero attached hydrogens (tertiary/aromatic N) is 3. The maximum absolute atomic E-state index is 13.9. The lowest BCUT2D eigenvalue weighted by Gasteiger charge is -2.47. The fourth-order valence-corrected chi connectivity index (χ4v) is 7.47. The molecule has 8 rings (SSSR count). The SMILES string of the molecule is COc1ccc(NC(=O)N2CC3(COc4ccn(C)c(=O)c4)CC2(CNc2cccc4c(NCc5ccc(OC)cc5OC)nccc24)C3)cc1. The van der Waals surface area contributed by atoms with Gasteiger partial charge in [-0.25, -0.2) is 9.78 Å². The third kappa shape index (κ3) is 6.69. The number of amides is 2. The second-order valence-corrected chi connectivity index (χ2v) is 13.4. The molecule has 3 N–H and O–H groups in total. The molecule has 0 unspecified atom stereocenters. The van der Waals surface area contributed by atoms with Gasteiger partial charge in [-0.05, 0) is 67.4 Å². The number of hydrogen-bond donors (Lipinski definition) is 3. The standard InChI is InChI=1S/C39H42N6O6/c1-44-17-15-30(19-35(44)46)51-25-38-21-39(22-38,45(24-38)37(47)43-27-9-12-28(48-2)13-10-27)23-42-33-7-5-6-32-31(33)14-16-40-36(32)41-20-26-8-11-29(49-3)18-34(26)50-4/h5-19,42H,20-25H2,1-4H3,(H,40,41)(H,43,47). The van der Waals surface area contributed by atoms with E-state index in [1.165, 1.54) is 10.6 Å². The Kier molecular flexibility index (Phi) is 9.07. The lowest BCUT2D eigenvalue weighted by atomic mass is 9.62. The van der Waals surface area contributed by atoms with E-state index in [-0.39, 0.29) is 17.0 Å². The van der Waals surface area contributed by atoms with E-state index in [1.807, 2.05) is 65.6 Å². The normalized spacial score (nSPS) is 18.9. The predicted molar refractivity (Wildman–Crippen MR) is 197 cm³/mol. The number of aromatic nitrogens is 2. The van der Waals surface area contributed by atoms with E-state index in [2.05, 4.69) is 27.0 Å². The van der Waals surface area contributed by atoms with Crippen LogP contribution < -0.4 is 40.5 Å². The number of methoxy groups -OCH3 is 3. The Morgan fingerprint density at radius 2 is 1.65 bits per heavy atom. The molecular formula is C39H42N6O6. The molecule has 0 radical (unpaired) electrons. The van der Waals surface area contributed by atoms with Crippen molar-refractivity contribution in [3.63, 3.8) is 0 Å². The van der Waals surface area contributed by atoms with Gasteiger partial charge in [0.25, 0.3) is 5.56 Å². The monoisotopic (exact) mass is 690 g/mol. The summed E-state index contributed by atoms with van der Waals surface area (Å²) in [6.07, 6.45) is 5.02. The number of anilines is 3. The number of benzene rings is 3. The molecule has 3 aromatic carbocycles. The van der Waals surface area contributed by atoms with Gasteiger partial charge in [0.15, 0.2) is 0 Å². The summed E-state index contributed by atoms with van der Waals surface area (Å²) in [4.78, 5) is 32.7. The third-order valence-corrected chi connectivity index (χ3v) is 10.0. The van der Waals surface area contributed by atoms with Gasteiger partial charge in [0.2, 0.25) is 0 Å². The summed E-state index contributed by atoms with van der Waals surface area (Å²) in [6.45, 7) is 2.00. The number of fused-ring (bicyclic) bond motifs is 2. The average molecular weight is 691 g/mol. The van der Waals surface area contributed by atoms with Gasteiger partial charge in [-0.2, -0.15) is 0 Å². The van der Waals surface area contributed by atoms with E-state index in [0.29, 0.717) is 43.4 Å². The molecule has 0 spiro atoms. The molecule has 264 valence electrons. The van der Waals surface area contributed by atoms with Crippen LogP contribution in [0.3, 0.4) is 0 Å². The number of aryl methyl sites for hydroxylation is 1. The molecule has 4 heterocycles. The van der Waals surface area contributed by atoms with Crippen molar-refractivity contribution in [1.82, 2.24) is 14.5 Å². The van der Waals surface area contributed by atoms with Crippen molar-refractivity contribution >= 4 is 34.0 Å². The minimum absolute atomic E-state index is 0.131. The van der Waals surface area contributed by atoms with E-state index in [0.717, 1.165) is 52.2 Å². The van der Waals surface area contributed by atoms with Crippen LogP contribution in [0.2, 0.25) is 0 Å². The number of nitrogens with one attached hydrogen (secondary N) is 3. The van der Waals surface area contributed by atoms with E-state index in [4.69, 9.17) is 18.9 Å². The highest BCUT2D eigenvalue weighted by atomic mass is 16.5. The quantitative estimate of drug-likeness (QED) is 0.134. The average Bonchev–Trinajstić information content (AvgIpc) is 3.65. The molecule has 2 amide bonds. The molecular weight excluding hydrogens is 648 g/mol. The number of carbonyl (C=O) groups is 1. The molecule has 2 aliphatic heterocycles. The van der Waals surface area contributed by atoms with Crippen molar-refractivity contribution in [2.75, 3.05) is 57.0 Å². The molecule has 12 nitrogen and oxygen atoms in total. The number of urea groups is 1. The fraction of sp³-hybridized carbons (Fsp3) is 0.308. The number of rotatable bonds is 13. The van der Waals surface area contributed by atoms with Crippen LogP contribution in [0.4, 0.5) is 22.0 Å². The van der Waals surface area contributed by atoms with Crippen molar-refractivity contribution < 1.29 is 23.7 Å². The Hall–Kier alpha value is -5.91. The van der Waals surface area contributed by atoms with Crippen molar-refractivity contribution in [3.8, 4) is 23.0 Å². The number of hydrogen-bond acceptors (Lipinski definition) is 9. The second kappa shape index (κ2) is 13.8. The predicted octanol–water partition coefficient (Wildman–Crippen LogP) is 6.13. The Labute approximate surface area is 296 Å². The largest absolute Gasteiger partial charge is 0.497 e. The Bertz CT molecular complexity index is 2110. The van der Waals surface area contributed by atoms with Gasteiger partial charge < -0.3 is 44.4 Å². The molecule has 51 heavy (non-hydrogen) atoms.